The molecule has 0 heterocycles. The standard InChI is InChI=1S/C13H17NO3/c1-4-10-5-6-12(17-3)11(7-10)8-14(2)13(16)9-15/h5-7,9H,4,8H2,1-3H3. The van der Waals surface area contributed by atoms with Crippen molar-refractivity contribution >= 4 is 12.2 Å². The average Bonchev–Trinajstić information content (AvgIpc) is 2.37. The molecule has 0 radical (unpaired) electrons. The molecule has 1 amide bonds. The molecule has 1 aromatic rings. The normalized spacial score (nSPS) is 9.82. The van der Waals surface area contributed by atoms with Gasteiger partial charge in [-0.25, -0.2) is 0 Å². The van der Waals surface area contributed by atoms with Crippen LogP contribution in [0.15, 0.2) is 18.2 Å². The first kappa shape index (κ1) is 13.2. The van der Waals surface area contributed by atoms with Crippen LogP contribution in [0.4, 0.5) is 0 Å². The average molecular weight is 235 g/mol. The number of rotatable bonds is 5. The van der Waals surface area contributed by atoms with Crippen LogP contribution in [0.1, 0.15) is 18.1 Å². The summed E-state index contributed by atoms with van der Waals surface area (Å²) in [5, 5.41) is 0. The van der Waals surface area contributed by atoms with Crippen LogP contribution in [-0.2, 0) is 22.6 Å². The summed E-state index contributed by atoms with van der Waals surface area (Å²) in [5.41, 5.74) is 2.08. The first-order valence-electron chi connectivity index (χ1n) is 5.48. The lowest BCUT2D eigenvalue weighted by molar-refractivity contribution is -0.138. The summed E-state index contributed by atoms with van der Waals surface area (Å²) >= 11 is 0. The molecule has 0 saturated carbocycles. The largest absolute Gasteiger partial charge is 0.496 e. The van der Waals surface area contributed by atoms with E-state index in [0.29, 0.717) is 12.8 Å². The Morgan fingerprint density at radius 1 is 1.47 bits per heavy atom. The van der Waals surface area contributed by atoms with Crippen molar-refractivity contribution in [3.63, 3.8) is 0 Å². The Morgan fingerprint density at radius 3 is 2.71 bits per heavy atom. The highest BCUT2D eigenvalue weighted by Crippen LogP contribution is 2.21. The molecule has 0 bridgehead atoms. The number of aldehydes is 1. The van der Waals surface area contributed by atoms with E-state index in [1.807, 2.05) is 18.2 Å². The predicted molar refractivity (Wildman–Crippen MR) is 64.9 cm³/mol. The van der Waals surface area contributed by atoms with Crippen LogP contribution < -0.4 is 4.74 Å². The molecular formula is C13H17NO3. The van der Waals surface area contributed by atoms with E-state index >= 15 is 0 Å². The second-order valence-corrected chi connectivity index (χ2v) is 3.81. The number of amides is 1. The van der Waals surface area contributed by atoms with Gasteiger partial charge in [0.05, 0.1) is 7.11 Å². The second kappa shape index (κ2) is 6.03. The number of hydrogen-bond acceptors (Lipinski definition) is 3. The fourth-order valence-corrected chi connectivity index (χ4v) is 1.60. The summed E-state index contributed by atoms with van der Waals surface area (Å²) in [6.07, 6.45) is 1.23. The van der Waals surface area contributed by atoms with E-state index in [1.165, 1.54) is 10.5 Å². The first-order chi connectivity index (χ1) is 8.12. The van der Waals surface area contributed by atoms with Gasteiger partial charge in [0.25, 0.3) is 5.91 Å². The molecule has 4 heteroatoms. The molecule has 0 atom stereocenters. The Kier molecular flexibility index (Phi) is 4.69. The van der Waals surface area contributed by atoms with Gasteiger partial charge in [0.2, 0.25) is 6.29 Å². The van der Waals surface area contributed by atoms with E-state index < -0.39 is 5.91 Å². The lowest BCUT2D eigenvalue weighted by atomic mass is 10.1. The van der Waals surface area contributed by atoms with E-state index in [4.69, 9.17) is 4.74 Å². The highest BCUT2D eigenvalue weighted by molar-refractivity contribution is 6.23. The van der Waals surface area contributed by atoms with Crippen molar-refractivity contribution in [1.82, 2.24) is 4.90 Å². The van der Waals surface area contributed by atoms with Crippen LogP contribution in [0.5, 0.6) is 5.75 Å². The number of likely N-dealkylation sites (N-methyl/N-ethyl adjacent to an activating group) is 1. The van der Waals surface area contributed by atoms with Crippen molar-refractivity contribution in [3.05, 3.63) is 29.3 Å². The van der Waals surface area contributed by atoms with Crippen LogP contribution in [0.2, 0.25) is 0 Å². The van der Waals surface area contributed by atoms with Crippen LogP contribution in [0.25, 0.3) is 0 Å². The smallest absolute Gasteiger partial charge is 0.286 e. The van der Waals surface area contributed by atoms with Crippen molar-refractivity contribution < 1.29 is 14.3 Å². The molecular weight excluding hydrogens is 218 g/mol. The zero-order valence-corrected chi connectivity index (χ0v) is 10.4. The fraction of sp³-hybridized carbons (Fsp3) is 0.385. The Bertz CT molecular complexity index is 415. The fourth-order valence-electron chi connectivity index (χ4n) is 1.60. The first-order valence-corrected chi connectivity index (χ1v) is 5.48. The number of hydrogen-bond donors (Lipinski definition) is 0. The minimum Gasteiger partial charge on any atom is -0.496 e. The molecule has 4 nitrogen and oxygen atoms in total. The Balaban J connectivity index is 2.94. The van der Waals surface area contributed by atoms with E-state index in [-0.39, 0.29) is 0 Å². The van der Waals surface area contributed by atoms with Crippen LogP contribution in [0.3, 0.4) is 0 Å². The van der Waals surface area contributed by atoms with E-state index in [1.54, 1.807) is 14.2 Å². The number of benzene rings is 1. The maximum atomic E-state index is 11.2. The Morgan fingerprint density at radius 2 is 2.18 bits per heavy atom. The number of ether oxygens (including phenoxy) is 1. The van der Waals surface area contributed by atoms with Crippen LogP contribution >= 0.6 is 0 Å². The van der Waals surface area contributed by atoms with Gasteiger partial charge in [-0.3, -0.25) is 9.59 Å². The molecule has 0 aromatic heterocycles. The molecule has 0 aliphatic carbocycles. The number of carbonyl (C=O) groups is 2. The minimum absolute atomic E-state index is 0.316. The van der Waals surface area contributed by atoms with Crippen LogP contribution in [0, 0.1) is 0 Å². The lowest BCUT2D eigenvalue weighted by Gasteiger charge is -2.17. The van der Waals surface area contributed by atoms with E-state index in [2.05, 4.69) is 6.92 Å². The third kappa shape index (κ3) is 3.31. The molecule has 1 rings (SSSR count). The van der Waals surface area contributed by atoms with Gasteiger partial charge in [0, 0.05) is 19.2 Å². The second-order valence-electron chi connectivity index (χ2n) is 3.81. The SMILES string of the molecule is CCc1ccc(OC)c(CN(C)C(=O)C=O)c1. The summed E-state index contributed by atoms with van der Waals surface area (Å²) in [7, 11) is 3.18. The number of nitrogens with zero attached hydrogens (tertiary/aromatic N) is 1. The van der Waals surface area contributed by atoms with Gasteiger partial charge in [-0.05, 0) is 18.1 Å². The molecule has 0 N–H and O–H groups in total. The topological polar surface area (TPSA) is 46.6 Å². The Hall–Kier alpha value is -1.84. The zero-order chi connectivity index (χ0) is 12.8. The third-order valence-electron chi connectivity index (χ3n) is 2.64. The summed E-state index contributed by atoms with van der Waals surface area (Å²) in [6, 6.07) is 5.87. The number of aryl methyl sites for hydroxylation is 1. The molecule has 0 aliphatic rings. The zero-order valence-electron chi connectivity index (χ0n) is 10.4. The lowest BCUT2D eigenvalue weighted by Crippen LogP contribution is -2.27. The minimum atomic E-state index is -0.533. The van der Waals surface area contributed by atoms with Gasteiger partial charge in [0.1, 0.15) is 5.75 Å². The molecule has 0 saturated heterocycles. The van der Waals surface area contributed by atoms with Gasteiger partial charge in [0.15, 0.2) is 0 Å². The third-order valence-corrected chi connectivity index (χ3v) is 2.64. The molecule has 17 heavy (non-hydrogen) atoms. The van der Waals surface area contributed by atoms with E-state index in [0.717, 1.165) is 17.7 Å². The monoisotopic (exact) mass is 235 g/mol. The van der Waals surface area contributed by atoms with Gasteiger partial charge in [-0.15, -0.1) is 0 Å². The molecule has 0 aliphatic heterocycles. The van der Waals surface area contributed by atoms with Crippen LogP contribution in [-0.4, -0.2) is 31.3 Å². The predicted octanol–water partition coefficient (Wildman–Crippen LogP) is 1.41. The van der Waals surface area contributed by atoms with Gasteiger partial charge in [-0.2, -0.15) is 0 Å². The van der Waals surface area contributed by atoms with Crippen molar-refractivity contribution in [2.75, 3.05) is 14.2 Å². The maximum absolute atomic E-state index is 11.2. The van der Waals surface area contributed by atoms with Gasteiger partial charge < -0.3 is 9.64 Å². The number of carbonyl (C=O) groups excluding carboxylic acids is 2. The highest BCUT2D eigenvalue weighted by atomic mass is 16.5. The summed E-state index contributed by atoms with van der Waals surface area (Å²) in [4.78, 5) is 22.9. The maximum Gasteiger partial charge on any atom is 0.286 e. The quantitative estimate of drug-likeness (QED) is 0.572. The van der Waals surface area contributed by atoms with Crippen molar-refractivity contribution in [1.29, 1.82) is 0 Å². The van der Waals surface area contributed by atoms with Crippen molar-refractivity contribution in [2.24, 2.45) is 0 Å². The molecule has 1 aromatic carbocycles. The molecule has 0 fully saturated rings. The van der Waals surface area contributed by atoms with E-state index in [9.17, 15) is 9.59 Å². The molecule has 0 unspecified atom stereocenters. The summed E-state index contributed by atoms with van der Waals surface area (Å²) in [5.74, 6) is 0.196. The molecule has 0 spiro atoms. The van der Waals surface area contributed by atoms with Crippen molar-refractivity contribution in [3.8, 4) is 5.75 Å². The highest BCUT2D eigenvalue weighted by Gasteiger charge is 2.11. The summed E-state index contributed by atoms with van der Waals surface area (Å²) in [6.45, 7) is 2.43. The van der Waals surface area contributed by atoms with Gasteiger partial charge in [-0.1, -0.05) is 19.1 Å². The number of methoxy groups -OCH3 is 1. The summed E-state index contributed by atoms with van der Waals surface area (Å²) < 4.78 is 5.23. The molecule has 92 valence electrons. The van der Waals surface area contributed by atoms with Crippen molar-refractivity contribution in [2.45, 2.75) is 19.9 Å². The van der Waals surface area contributed by atoms with Gasteiger partial charge >= 0.3 is 0 Å². The Labute approximate surface area is 101 Å².